The minimum atomic E-state index is -0.542. The van der Waals surface area contributed by atoms with Gasteiger partial charge in [-0.05, 0) is 68.4 Å². The van der Waals surface area contributed by atoms with Crippen molar-refractivity contribution in [3.63, 3.8) is 0 Å². The molecule has 9 aromatic rings. The molecule has 252 valence electrons. The SMILES string of the molecule is c1ccc(-c2cc(-c3ccccc3-c3ccc4c(c3)C3(c5ccccc5O4)c4ccccc4-c4ccccc43)nc(-c3cccc4ccccc34)n2)cc1. The van der Waals surface area contributed by atoms with Crippen LogP contribution in [0.25, 0.3) is 66.9 Å². The molecule has 0 bridgehead atoms. The molecular weight excluding hydrogens is 657 g/mol. The third kappa shape index (κ3) is 4.49. The fraction of sp³-hybridized carbons (Fsp3) is 0.0196. The van der Waals surface area contributed by atoms with Crippen molar-refractivity contribution in [1.82, 2.24) is 9.97 Å². The smallest absolute Gasteiger partial charge is 0.161 e. The lowest BCUT2D eigenvalue weighted by Crippen LogP contribution is -2.32. The fourth-order valence-corrected chi connectivity index (χ4v) is 8.87. The zero-order chi connectivity index (χ0) is 35.6. The van der Waals surface area contributed by atoms with Crippen molar-refractivity contribution >= 4 is 10.8 Å². The number of rotatable bonds is 4. The van der Waals surface area contributed by atoms with E-state index in [1.165, 1.54) is 22.3 Å². The normalized spacial score (nSPS) is 13.1. The van der Waals surface area contributed by atoms with Gasteiger partial charge in [-0.15, -0.1) is 0 Å². The Bertz CT molecular complexity index is 2880. The van der Waals surface area contributed by atoms with Crippen LogP contribution in [0.3, 0.4) is 0 Å². The van der Waals surface area contributed by atoms with Crippen LogP contribution in [0, 0.1) is 0 Å². The molecule has 0 saturated heterocycles. The first-order valence-corrected chi connectivity index (χ1v) is 18.4. The fourth-order valence-electron chi connectivity index (χ4n) is 8.87. The van der Waals surface area contributed by atoms with E-state index in [-0.39, 0.29) is 0 Å². The van der Waals surface area contributed by atoms with E-state index in [9.17, 15) is 0 Å². The van der Waals surface area contributed by atoms with E-state index >= 15 is 0 Å². The van der Waals surface area contributed by atoms with Gasteiger partial charge in [0.15, 0.2) is 5.82 Å². The van der Waals surface area contributed by atoms with E-state index in [2.05, 4.69) is 188 Å². The Morgan fingerprint density at radius 3 is 1.72 bits per heavy atom. The Morgan fingerprint density at radius 2 is 0.926 bits per heavy atom. The summed E-state index contributed by atoms with van der Waals surface area (Å²) in [6, 6.07) is 68.9. The molecule has 1 aliphatic carbocycles. The van der Waals surface area contributed by atoms with Gasteiger partial charge in [-0.2, -0.15) is 0 Å². The highest BCUT2D eigenvalue weighted by Gasteiger charge is 2.51. The molecule has 0 amide bonds. The predicted octanol–water partition coefficient (Wildman–Crippen LogP) is 12.8. The van der Waals surface area contributed by atoms with E-state index in [0.29, 0.717) is 5.82 Å². The maximum Gasteiger partial charge on any atom is 0.161 e. The molecule has 3 nitrogen and oxygen atoms in total. The quantitative estimate of drug-likeness (QED) is 0.185. The second-order valence-electron chi connectivity index (χ2n) is 14.1. The summed E-state index contributed by atoms with van der Waals surface area (Å²) < 4.78 is 6.74. The van der Waals surface area contributed by atoms with Crippen LogP contribution in [0.15, 0.2) is 194 Å². The lowest BCUT2D eigenvalue weighted by Gasteiger charge is -2.39. The van der Waals surface area contributed by atoms with E-state index < -0.39 is 5.41 Å². The van der Waals surface area contributed by atoms with Gasteiger partial charge in [-0.25, -0.2) is 9.97 Å². The highest BCUT2D eigenvalue weighted by atomic mass is 16.5. The number of hydrogen-bond donors (Lipinski definition) is 0. The Morgan fingerprint density at radius 1 is 0.352 bits per heavy atom. The van der Waals surface area contributed by atoms with Crippen molar-refractivity contribution < 1.29 is 4.74 Å². The number of nitrogens with zero attached hydrogens (tertiary/aromatic N) is 2. The monoisotopic (exact) mass is 688 g/mol. The summed E-state index contributed by atoms with van der Waals surface area (Å²) in [5, 5.41) is 2.29. The number of aromatic nitrogens is 2. The first kappa shape index (κ1) is 30.5. The second-order valence-corrected chi connectivity index (χ2v) is 14.1. The lowest BCUT2D eigenvalue weighted by molar-refractivity contribution is 0.436. The zero-order valence-corrected chi connectivity index (χ0v) is 29.3. The number of fused-ring (bicyclic) bond motifs is 10. The lowest BCUT2D eigenvalue weighted by atomic mass is 9.65. The van der Waals surface area contributed by atoms with Crippen molar-refractivity contribution in [2.75, 3.05) is 0 Å². The van der Waals surface area contributed by atoms with E-state index in [1.54, 1.807) is 0 Å². The van der Waals surface area contributed by atoms with Gasteiger partial charge in [0.05, 0.1) is 16.8 Å². The summed E-state index contributed by atoms with van der Waals surface area (Å²) >= 11 is 0. The van der Waals surface area contributed by atoms with Gasteiger partial charge in [0, 0.05) is 27.8 Å². The number of ether oxygens (including phenoxy) is 1. The van der Waals surface area contributed by atoms with E-state index in [0.717, 1.165) is 72.6 Å². The van der Waals surface area contributed by atoms with Crippen molar-refractivity contribution in [2.24, 2.45) is 0 Å². The van der Waals surface area contributed by atoms with Gasteiger partial charge >= 0.3 is 0 Å². The maximum absolute atomic E-state index is 6.74. The van der Waals surface area contributed by atoms with Gasteiger partial charge in [0.25, 0.3) is 0 Å². The maximum atomic E-state index is 6.74. The third-order valence-electron chi connectivity index (χ3n) is 11.2. The van der Waals surface area contributed by atoms with Crippen LogP contribution in [0.4, 0.5) is 0 Å². The molecule has 2 aliphatic rings. The summed E-state index contributed by atoms with van der Waals surface area (Å²) in [6.07, 6.45) is 0. The Balaban J connectivity index is 1.15. The van der Waals surface area contributed by atoms with Crippen LogP contribution in [0.5, 0.6) is 11.5 Å². The molecular formula is C51H32N2O. The Hall–Kier alpha value is -7.10. The molecule has 1 aliphatic heterocycles. The highest BCUT2D eigenvalue weighted by Crippen LogP contribution is 2.62. The molecule has 1 spiro atoms. The zero-order valence-electron chi connectivity index (χ0n) is 29.3. The first-order chi connectivity index (χ1) is 26.8. The first-order valence-electron chi connectivity index (χ1n) is 18.4. The molecule has 0 radical (unpaired) electrons. The van der Waals surface area contributed by atoms with E-state index in [1.807, 2.05) is 6.07 Å². The molecule has 8 aromatic carbocycles. The molecule has 0 N–H and O–H groups in total. The topological polar surface area (TPSA) is 35.0 Å². The Labute approximate surface area is 313 Å². The molecule has 0 fully saturated rings. The Kier molecular flexibility index (Phi) is 6.77. The molecule has 1 aromatic heterocycles. The van der Waals surface area contributed by atoms with Gasteiger partial charge < -0.3 is 4.74 Å². The predicted molar refractivity (Wildman–Crippen MR) is 219 cm³/mol. The van der Waals surface area contributed by atoms with Crippen LogP contribution in [0.2, 0.25) is 0 Å². The largest absolute Gasteiger partial charge is 0.457 e. The van der Waals surface area contributed by atoms with Crippen molar-refractivity contribution in [1.29, 1.82) is 0 Å². The van der Waals surface area contributed by atoms with Gasteiger partial charge in [0.2, 0.25) is 0 Å². The molecule has 0 atom stereocenters. The molecule has 2 heterocycles. The van der Waals surface area contributed by atoms with Crippen LogP contribution in [0.1, 0.15) is 22.3 Å². The third-order valence-corrected chi connectivity index (χ3v) is 11.2. The molecule has 3 heteroatoms. The standard InChI is InChI=1S/C51H32N2O/c1-2-16-34(17-3-1)46-32-47(53-50(52-46)41-24-14-18-33-15-4-5-19-36(33)41)40-23-7-6-20-37(40)35-29-30-49-45(31-35)51(44-27-12-13-28-48(44)54-49)42-25-10-8-21-38(42)39-22-9-11-26-43(39)51/h1-32H. The summed E-state index contributed by atoms with van der Waals surface area (Å²) in [4.78, 5) is 10.5. The van der Waals surface area contributed by atoms with Gasteiger partial charge in [-0.1, -0.05) is 170 Å². The summed E-state index contributed by atoms with van der Waals surface area (Å²) in [7, 11) is 0. The van der Waals surface area contributed by atoms with Crippen LogP contribution < -0.4 is 4.74 Å². The van der Waals surface area contributed by atoms with E-state index in [4.69, 9.17) is 14.7 Å². The van der Waals surface area contributed by atoms with Crippen molar-refractivity contribution in [3.05, 3.63) is 216 Å². The minimum Gasteiger partial charge on any atom is -0.457 e. The van der Waals surface area contributed by atoms with Crippen molar-refractivity contribution in [3.8, 4) is 67.7 Å². The van der Waals surface area contributed by atoms with Crippen LogP contribution in [-0.4, -0.2) is 9.97 Å². The minimum absolute atomic E-state index is 0.542. The average molecular weight is 689 g/mol. The van der Waals surface area contributed by atoms with Crippen LogP contribution in [-0.2, 0) is 5.41 Å². The number of para-hydroxylation sites is 1. The van der Waals surface area contributed by atoms with Gasteiger partial charge in [-0.3, -0.25) is 0 Å². The molecule has 0 saturated carbocycles. The van der Waals surface area contributed by atoms with Gasteiger partial charge in [0.1, 0.15) is 11.5 Å². The summed E-state index contributed by atoms with van der Waals surface area (Å²) in [5.74, 6) is 2.46. The second kappa shape index (κ2) is 12.0. The summed E-state index contributed by atoms with van der Waals surface area (Å²) in [6.45, 7) is 0. The molecule has 0 unspecified atom stereocenters. The molecule has 54 heavy (non-hydrogen) atoms. The summed E-state index contributed by atoms with van der Waals surface area (Å²) in [5.41, 5.74) is 13.9. The highest BCUT2D eigenvalue weighted by molar-refractivity contribution is 5.96. The van der Waals surface area contributed by atoms with Crippen molar-refractivity contribution in [2.45, 2.75) is 5.41 Å². The molecule has 11 rings (SSSR count). The van der Waals surface area contributed by atoms with Crippen LogP contribution >= 0.6 is 0 Å². The number of benzene rings is 8. The number of hydrogen-bond acceptors (Lipinski definition) is 3. The average Bonchev–Trinajstić information content (AvgIpc) is 3.54.